The number of nitrogens with one attached hydrogen (secondary N) is 1. The minimum absolute atomic E-state index is 0.462. The van der Waals surface area contributed by atoms with Gasteiger partial charge in [-0.25, -0.2) is 0 Å². The Morgan fingerprint density at radius 3 is 3.14 bits per heavy atom. The van der Waals surface area contributed by atoms with Crippen molar-refractivity contribution in [1.82, 2.24) is 4.98 Å². The quantitative estimate of drug-likeness (QED) is 0.630. The lowest BCUT2D eigenvalue weighted by Gasteiger charge is -1.98. The van der Waals surface area contributed by atoms with E-state index in [-0.39, 0.29) is 0 Å². The molecule has 0 aliphatic heterocycles. The van der Waals surface area contributed by atoms with Gasteiger partial charge in [0, 0.05) is 16.5 Å². The van der Waals surface area contributed by atoms with Crippen LogP contribution < -0.4 is 0 Å². The zero-order valence-electron chi connectivity index (χ0n) is 7.13. The number of H-pyrrole nitrogens is 1. The van der Waals surface area contributed by atoms with Gasteiger partial charge in [0.25, 0.3) is 4.84 Å². The maximum Gasteiger partial charge on any atom is 0.266 e. The molecule has 1 N–H and O–H groups in total. The lowest BCUT2D eigenvalue weighted by atomic mass is 10.1. The number of rotatable bonds is 0. The van der Waals surface area contributed by atoms with Crippen molar-refractivity contribution in [3.8, 4) is 11.3 Å². The molecule has 0 saturated heterocycles. The molecule has 70 valence electrons. The van der Waals surface area contributed by atoms with Crippen LogP contribution >= 0.6 is 28.1 Å². The molecule has 0 amide bonds. The topological polar surface area (TPSA) is 28.9 Å². The second-order valence-electron chi connectivity index (χ2n) is 3.29. The molecule has 1 heterocycles. The van der Waals surface area contributed by atoms with Crippen LogP contribution in [0.2, 0.25) is 0 Å². The van der Waals surface area contributed by atoms with Crippen molar-refractivity contribution >= 4 is 28.1 Å². The Morgan fingerprint density at radius 1 is 1.43 bits per heavy atom. The molecule has 0 unspecified atom stereocenters. The van der Waals surface area contributed by atoms with Gasteiger partial charge in [-0.2, -0.15) is 0 Å². The second kappa shape index (κ2) is 2.81. The van der Waals surface area contributed by atoms with Crippen LogP contribution in [0.15, 0.2) is 27.1 Å². The summed E-state index contributed by atoms with van der Waals surface area (Å²) in [6.07, 6.45) is 0.831. The average molecular weight is 268 g/mol. The Hall–Kier alpha value is -0.870. The zero-order chi connectivity index (χ0) is 9.71. The highest BCUT2D eigenvalue weighted by atomic mass is 79.9. The van der Waals surface area contributed by atoms with Crippen molar-refractivity contribution in [3.05, 3.63) is 38.8 Å². The van der Waals surface area contributed by atoms with E-state index in [1.807, 2.05) is 6.07 Å². The Morgan fingerprint density at radius 2 is 2.29 bits per heavy atom. The average Bonchev–Trinajstić information content (AvgIpc) is 2.59. The summed E-state index contributed by atoms with van der Waals surface area (Å²) >= 11 is 8.39. The van der Waals surface area contributed by atoms with Gasteiger partial charge < -0.3 is 9.40 Å². The molecule has 0 bridgehead atoms. The predicted octanol–water partition coefficient (Wildman–Crippen LogP) is 3.67. The smallest absolute Gasteiger partial charge is 0.266 e. The molecule has 1 aliphatic rings. The van der Waals surface area contributed by atoms with Gasteiger partial charge in [-0.1, -0.05) is 22.0 Å². The van der Waals surface area contributed by atoms with E-state index in [2.05, 4.69) is 33.0 Å². The largest absolute Gasteiger partial charge is 0.434 e. The molecule has 0 fully saturated rings. The first kappa shape index (κ1) is 8.44. The Kier molecular flexibility index (Phi) is 1.69. The van der Waals surface area contributed by atoms with Crippen molar-refractivity contribution in [2.75, 3.05) is 0 Å². The van der Waals surface area contributed by atoms with Gasteiger partial charge in [-0.05, 0) is 29.9 Å². The highest BCUT2D eigenvalue weighted by molar-refractivity contribution is 9.10. The summed E-state index contributed by atoms with van der Waals surface area (Å²) in [7, 11) is 0. The van der Waals surface area contributed by atoms with Crippen LogP contribution in [0, 0.1) is 4.84 Å². The fraction of sp³-hybridized carbons (Fsp3) is 0.100. The lowest BCUT2D eigenvalue weighted by Crippen LogP contribution is -1.80. The number of hydrogen-bond donors (Lipinski definition) is 1. The summed E-state index contributed by atoms with van der Waals surface area (Å²) in [5.41, 5.74) is 3.51. The molecule has 0 saturated carbocycles. The van der Waals surface area contributed by atoms with E-state index < -0.39 is 0 Å². The maximum absolute atomic E-state index is 5.39. The maximum atomic E-state index is 5.39. The number of fused-ring (bicyclic) bond motifs is 3. The number of aromatic nitrogens is 1. The highest BCUT2D eigenvalue weighted by Crippen LogP contribution is 2.36. The first-order valence-corrected chi connectivity index (χ1v) is 5.45. The highest BCUT2D eigenvalue weighted by Gasteiger charge is 2.22. The molecular formula is C10H6BrNOS. The second-order valence-corrected chi connectivity index (χ2v) is 4.58. The van der Waals surface area contributed by atoms with E-state index in [4.69, 9.17) is 16.6 Å². The van der Waals surface area contributed by atoms with Gasteiger partial charge in [-0.3, -0.25) is 0 Å². The van der Waals surface area contributed by atoms with Gasteiger partial charge in [0.15, 0.2) is 0 Å². The normalized spacial score (nSPS) is 12.6. The zero-order valence-corrected chi connectivity index (χ0v) is 9.54. The third-order valence-corrected chi connectivity index (χ3v) is 3.09. The van der Waals surface area contributed by atoms with E-state index in [1.54, 1.807) is 0 Å². The van der Waals surface area contributed by atoms with Crippen molar-refractivity contribution in [2.24, 2.45) is 0 Å². The van der Waals surface area contributed by atoms with Crippen molar-refractivity contribution in [2.45, 2.75) is 6.42 Å². The van der Waals surface area contributed by atoms with Crippen LogP contribution in [0.3, 0.4) is 0 Å². The molecule has 14 heavy (non-hydrogen) atoms. The summed E-state index contributed by atoms with van der Waals surface area (Å²) in [5, 5.41) is 0. The van der Waals surface area contributed by atoms with E-state index in [0.717, 1.165) is 22.3 Å². The molecule has 4 heteroatoms. The van der Waals surface area contributed by atoms with Crippen LogP contribution in [-0.4, -0.2) is 4.98 Å². The van der Waals surface area contributed by atoms with Gasteiger partial charge in [0.2, 0.25) is 0 Å². The summed E-state index contributed by atoms with van der Waals surface area (Å²) in [5.74, 6) is 0.947. The summed E-state index contributed by atoms with van der Waals surface area (Å²) in [6, 6.07) is 6.21. The Labute approximate surface area is 94.1 Å². The summed E-state index contributed by atoms with van der Waals surface area (Å²) in [6.45, 7) is 0. The fourth-order valence-electron chi connectivity index (χ4n) is 1.83. The monoisotopic (exact) mass is 267 g/mol. The molecule has 1 aromatic carbocycles. The summed E-state index contributed by atoms with van der Waals surface area (Å²) < 4.78 is 6.49. The third kappa shape index (κ3) is 1.11. The summed E-state index contributed by atoms with van der Waals surface area (Å²) in [4.78, 5) is 3.53. The van der Waals surface area contributed by atoms with Crippen LogP contribution in [0.1, 0.15) is 11.3 Å². The number of oxazole rings is 1. The molecule has 2 nitrogen and oxygen atoms in total. The Bertz CT molecular complexity index is 570. The van der Waals surface area contributed by atoms with E-state index in [9.17, 15) is 0 Å². The van der Waals surface area contributed by atoms with Crippen molar-refractivity contribution in [3.63, 3.8) is 0 Å². The molecule has 1 aliphatic carbocycles. The van der Waals surface area contributed by atoms with Crippen LogP contribution in [-0.2, 0) is 6.42 Å². The molecule has 0 atom stereocenters. The van der Waals surface area contributed by atoms with Crippen LogP contribution in [0.4, 0.5) is 0 Å². The molecule has 1 aromatic heterocycles. The Balaban J connectivity index is 2.30. The van der Waals surface area contributed by atoms with Gasteiger partial charge in [0.05, 0.1) is 5.69 Å². The van der Waals surface area contributed by atoms with E-state index in [1.165, 1.54) is 11.1 Å². The van der Waals surface area contributed by atoms with E-state index >= 15 is 0 Å². The minimum atomic E-state index is 0.462. The fourth-order valence-corrected chi connectivity index (χ4v) is 2.44. The van der Waals surface area contributed by atoms with Crippen LogP contribution in [0.5, 0.6) is 0 Å². The molecule has 2 aromatic rings. The van der Waals surface area contributed by atoms with Gasteiger partial charge in [-0.15, -0.1) is 0 Å². The first-order chi connectivity index (χ1) is 6.74. The minimum Gasteiger partial charge on any atom is -0.434 e. The number of hydrogen-bond acceptors (Lipinski definition) is 2. The number of benzene rings is 1. The van der Waals surface area contributed by atoms with Gasteiger partial charge >= 0.3 is 0 Å². The molecule has 0 radical (unpaired) electrons. The molecular weight excluding hydrogens is 262 g/mol. The number of halogens is 1. The van der Waals surface area contributed by atoms with E-state index in [0.29, 0.717) is 4.84 Å². The van der Waals surface area contributed by atoms with Crippen LogP contribution in [0.25, 0.3) is 11.3 Å². The third-order valence-electron chi connectivity index (χ3n) is 2.41. The molecule has 3 rings (SSSR count). The van der Waals surface area contributed by atoms with Crippen molar-refractivity contribution < 1.29 is 4.42 Å². The van der Waals surface area contributed by atoms with Gasteiger partial charge in [0.1, 0.15) is 5.76 Å². The van der Waals surface area contributed by atoms with Crippen molar-refractivity contribution in [1.29, 1.82) is 0 Å². The lowest BCUT2D eigenvalue weighted by molar-refractivity contribution is 0.502. The first-order valence-electron chi connectivity index (χ1n) is 4.25. The predicted molar refractivity (Wildman–Crippen MR) is 59.8 cm³/mol. The standard InChI is InChI=1S/C10H6BrNOS/c11-6-1-2-7-5(3-6)4-8-9(7)12-10(14)13-8/h1-3H,4H2,(H,12,14). The SMILES string of the molecule is S=c1[nH]c2c(o1)Cc1cc(Br)ccc1-2. The molecule has 0 spiro atoms. The number of aromatic amines is 1.